The van der Waals surface area contributed by atoms with E-state index in [9.17, 15) is 4.79 Å². The molecule has 0 aromatic heterocycles. The van der Waals surface area contributed by atoms with E-state index in [-0.39, 0.29) is 5.91 Å². The highest BCUT2D eigenvalue weighted by Crippen LogP contribution is 2.24. The van der Waals surface area contributed by atoms with Crippen LogP contribution in [0.15, 0.2) is 36.4 Å². The molecule has 0 aliphatic heterocycles. The van der Waals surface area contributed by atoms with Crippen LogP contribution in [-0.2, 0) is 37.1 Å². The lowest BCUT2D eigenvalue weighted by atomic mass is 9.97. The lowest BCUT2D eigenvalue weighted by Gasteiger charge is -2.17. The van der Waals surface area contributed by atoms with Gasteiger partial charge in [-0.05, 0) is 53.1 Å². The molecule has 0 unspecified atom stereocenters. The third-order valence-electron chi connectivity index (χ3n) is 4.67. The van der Waals surface area contributed by atoms with Gasteiger partial charge in [-0.3, -0.25) is 4.79 Å². The predicted molar refractivity (Wildman–Crippen MR) is 103 cm³/mol. The Morgan fingerprint density at radius 2 is 1.68 bits per heavy atom. The van der Waals surface area contributed by atoms with Gasteiger partial charge in [0.25, 0.3) is 0 Å². The van der Waals surface area contributed by atoms with Crippen LogP contribution in [0.4, 0.5) is 0 Å². The van der Waals surface area contributed by atoms with Crippen molar-refractivity contribution in [1.82, 2.24) is 5.32 Å². The van der Waals surface area contributed by atoms with Crippen molar-refractivity contribution in [2.75, 3.05) is 7.05 Å². The summed E-state index contributed by atoms with van der Waals surface area (Å²) in [7, 11) is 1.67. The summed E-state index contributed by atoms with van der Waals surface area (Å²) in [6.07, 6.45) is 3.29. The molecule has 0 aliphatic rings. The summed E-state index contributed by atoms with van der Waals surface area (Å²) in [5, 5.41) is 2.70. The molecule has 0 atom stereocenters. The van der Waals surface area contributed by atoms with E-state index in [0.29, 0.717) is 13.0 Å². The second kappa shape index (κ2) is 9.26. The maximum Gasteiger partial charge on any atom is 0.224 e. The van der Waals surface area contributed by atoms with Crippen LogP contribution in [0, 0.1) is 0 Å². The highest BCUT2D eigenvalue weighted by molar-refractivity contribution is 5.78. The van der Waals surface area contributed by atoms with E-state index in [1.807, 2.05) is 12.1 Å². The molecule has 0 saturated heterocycles. The Kier molecular flexibility index (Phi) is 7.05. The van der Waals surface area contributed by atoms with E-state index in [1.165, 1.54) is 16.7 Å². The van der Waals surface area contributed by atoms with Crippen LogP contribution in [-0.4, -0.2) is 13.0 Å². The Balaban J connectivity index is 2.26. The molecule has 1 N–H and O–H groups in total. The van der Waals surface area contributed by atoms with Crippen molar-refractivity contribution in [2.45, 2.75) is 53.1 Å². The normalized spacial score (nSPS) is 10.6. The maximum absolute atomic E-state index is 11.8. The first-order valence-corrected chi connectivity index (χ1v) is 9.17. The number of nitrogens with one attached hydrogen (secondary N) is 1. The molecular formula is C22H29NO2. The van der Waals surface area contributed by atoms with E-state index in [0.717, 1.165) is 36.1 Å². The lowest BCUT2D eigenvalue weighted by Crippen LogP contribution is -2.21. The summed E-state index contributed by atoms with van der Waals surface area (Å²) in [5.74, 6) is 0.965. The fourth-order valence-corrected chi connectivity index (χ4v) is 3.05. The van der Waals surface area contributed by atoms with E-state index < -0.39 is 0 Å². The average molecular weight is 339 g/mol. The van der Waals surface area contributed by atoms with Crippen LogP contribution in [0.3, 0.4) is 0 Å². The van der Waals surface area contributed by atoms with E-state index in [2.05, 4.69) is 50.4 Å². The summed E-state index contributed by atoms with van der Waals surface area (Å²) in [5.41, 5.74) is 5.99. The summed E-state index contributed by atoms with van der Waals surface area (Å²) >= 11 is 0. The standard InChI is InChI=1S/C22H29NO2/c1-5-16-11-12-21(18(7-3)13-16)25-15-20-17(6-2)9-8-10-19(20)14-22(24)23-4/h8-13H,5-7,14-15H2,1-4H3,(H,23,24). The third-order valence-corrected chi connectivity index (χ3v) is 4.67. The van der Waals surface area contributed by atoms with Crippen LogP contribution in [0.1, 0.15) is 48.6 Å². The van der Waals surface area contributed by atoms with Gasteiger partial charge in [0.15, 0.2) is 0 Å². The van der Waals surface area contributed by atoms with Gasteiger partial charge in [-0.25, -0.2) is 0 Å². The molecule has 25 heavy (non-hydrogen) atoms. The molecule has 2 aromatic carbocycles. The Morgan fingerprint density at radius 3 is 2.32 bits per heavy atom. The zero-order valence-corrected chi connectivity index (χ0v) is 15.8. The lowest BCUT2D eigenvalue weighted by molar-refractivity contribution is -0.119. The average Bonchev–Trinajstić information content (AvgIpc) is 2.66. The number of benzene rings is 2. The SMILES string of the molecule is CCc1ccc(OCc2c(CC)cccc2CC(=O)NC)c(CC)c1. The van der Waals surface area contributed by atoms with Crippen molar-refractivity contribution < 1.29 is 9.53 Å². The van der Waals surface area contributed by atoms with Gasteiger partial charge in [-0.15, -0.1) is 0 Å². The smallest absolute Gasteiger partial charge is 0.224 e. The van der Waals surface area contributed by atoms with Gasteiger partial charge < -0.3 is 10.1 Å². The van der Waals surface area contributed by atoms with Crippen molar-refractivity contribution in [3.05, 3.63) is 64.2 Å². The fraction of sp³-hybridized carbons (Fsp3) is 0.409. The minimum absolute atomic E-state index is 0.0241. The van der Waals surface area contributed by atoms with Crippen LogP contribution < -0.4 is 10.1 Å². The van der Waals surface area contributed by atoms with Gasteiger partial charge >= 0.3 is 0 Å². The topological polar surface area (TPSA) is 38.3 Å². The molecule has 2 rings (SSSR count). The quantitative estimate of drug-likeness (QED) is 0.781. The minimum Gasteiger partial charge on any atom is -0.489 e. The van der Waals surface area contributed by atoms with Gasteiger partial charge in [0.05, 0.1) is 6.42 Å². The number of ether oxygens (including phenoxy) is 1. The number of amides is 1. The van der Waals surface area contributed by atoms with Crippen LogP contribution >= 0.6 is 0 Å². The Labute approximate surface area is 151 Å². The molecule has 0 aliphatic carbocycles. The number of hydrogen-bond donors (Lipinski definition) is 1. The molecule has 0 spiro atoms. The van der Waals surface area contributed by atoms with Crippen LogP contribution in [0.5, 0.6) is 5.75 Å². The van der Waals surface area contributed by atoms with Crippen molar-refractivity contribution in [3.8, 4) is 5.75 Å². The number of carbonyl (C=O) groups is 1. The van der Waals surface area contributed by atoms with Crippen molar-refractivity contribution >= 4 is 5.91 Å². The Bertz CT molecular complexity index is 722. The van der Waals surface area contributed by atoms with Crippen LogP contribution in [0.25, 0.3) is 0 Å². The number of aryl methyl sites for hydroxylation is 3. The number of hydrogen-bond acceptors (Lipinski definition) is 2. The van der Waals surface area contributed by atoms with Gasteiger partial charge in [0.2, 0.25) is 5.91 Å². The summed E-state index contributed by atoms with van der Waals surface area (Å²) in [6.45, 7) is 6.95. The van der Waals surface area contributed by atoms with Crippen molar-refractivity contribution in [3.63, 3.8) is 0 Å². The highest BCUT2D eigenvalue weighted by Gasteiger charge is 2.12. The molecule has 134 valence electrons. The second-order valence-electron chi connectivity index (χ2n) is 6.20. The molecule has 1 amide bonds. The zero-order chi connectivity index (χ0) is 18.2. The first kappa shape index (κ1) is 19.0. The van der Waals surface area contributed by atoms with Gasteiger partial charge in [-0.2, -0.15) is 0 Å². The first-order valence-electron chi connectivity index (χ1n) is 9.17. The molecular weight excluding hydrogens is 310 g/mol. The fourth-order valence-electron chi connectivity index (χ4n) is 3.05. The van der Waals surface area contributed by atoms with E-state index in [1.54, 1.807) is 7.05 Å². The van der Waals surface area contributed by atoms with E-state index >= 15 is 0 Å². The Hall–Kier alpha value is -2.29. The second-order valence-corrected chi connectivity index (χ2v) is 6.20. The Morgan fingerprint density at radius 1 is 0.960 bits per heavy atom. The predicted octanol–water partition coefficient (Wildman–Crippen LogP) is 4.24. The number of carbonyl (C=O) groups excluding carboxylic acids is 1. The van der Waals surface area contributed by atoms with Crippen LogP contribution in [0.2, 0.25) is 0 Å². The molecule has 0 radical (unpaired) electrons. The van der Waals surface area contributed by atoms with Gasteiger partial charge in [0.1, 0.15) is 12.4 Å². The summed E-state index contributed by atoms with van der Waals surface area (Å²) in [4.78, 5) is 11.8. The summed E-state index contributed by atoms with van der Waals surface area (Å²) in [6, 6.07) is 12.6. The molecule has 3 nitrogen and oxygen atoms in total. The molecule has 0 bridgehead atoms. The molecule has 0 saturated carbocycles. The number of rotatable bonds is 8. The number of likely N-dealkylation sites (N-methyl/N-ethyl adjacent to an activating group) is 1. The first-order chi connectivity index (χ1) is 12.1. The monoisotopic (exact) mass is 339 g/mol. The molecule has 0 heterocycles. The molecule has 0 fully saturated rings. The molecule has 3 heteroatoms. The summed E-state index contributed by atoms with van der Waals surface area (Å²) < 4.78 is 6.18. The van der Waals surface area contributed by atoms with Crippen molar-refractivity contribution in [2.24, 2.45) is 0 Å². The molecule has 2 aromatic rings. The van der Waals surface area contributed by atoms with Gasteiger partial charge in [-0.1, -0.05) is 51.1 Å². The third kappa shape index (κ3) is 4.85. The highest BCUT2D eigenvalue weighted by atomic mass is 16.5. The maximum atomic E-state index is 11.8. The van der Waals surface area contributed by atoms with Gasteiger partial charge in [0, 0.05) is 7.05 Å². The largest absolute Gasteiger partial charge is 0.489 e. The minimum atomic E-state index is 0.0241. The van der Waals surface area contributed by atoms with E-state index in [4.69, 9.17) is 4.74 Å². The zero-order valence-electron chi connectivity index (χ0n) is 15.8. The van der Waals surface area contributed by atoms with Crippen molar-refractivity contribution in [1.29, 1.82) is 0 Å².